The molecule has 0 spiro atoms. The predicted octanol–water partition coefficient (Wildman–Crippen LogP) is 3.88. The van der Waals surface area contributed by atoms with E-state index in [-0.39, 0.29) is 0 Å². The van der Waals surface area contributed by atoms with Crippen LogP contribution in [0.3, 0.4) is 0 Å². The Labute approximate surface area is 105 Å². The van der Waals surface area contributed by atoms with Gasteiger partial charge in [-0.05, 0) is 42.7 Å². The molecule has 0 aliphatic carbocycles. The van der Waals surface area contributed by atoms with E-state index in [2.05, 4.69) is 58.5 Å². The fraction of sp³-hybridized carbons (Fsp3) is 0.571. The average molecular weight is 238 g/mol. The van der Waals surface area contributed by atoms with Crippen LogP contribution >= 0.6 is 12.6 Å². The standard InChI is InChI=1S/C14H22OS/c1-10(2)13(9-16)8-15-14-7-11(3)5-6-12(14)4/h5-7,10,13,16H,8-9H2,1-4H3. The third kappa shape index (κ3) is 3.75. The summed E-state index contributed by atoms with van der Waals surface area (Å²) in [5, 5.41) is 0. The van der Waals surface area contributed by atoms with Crippen molar-refractivity contribution < 1.29 is 4.74 Å². The molecule has 0 amide bonds. The zero-order valence-corrected chi connectivity index (χ0v) is 11.6. The van der Waals surface area contributed by atoms with E-state index < -0.39 is 0 Å². The van der Waals surface area contributed by atoms with E-state index in [0.717, 1.165) is 18.1 Å². The molecule has 0 radical (unpaired) electrons. The Balaban J connectivity index is 2.63. The van der Waals surface area contributed by atoms with Gasteiger partial charge in [0.15, 0.2) is 0 Å². The van der Waals surface area contributed by atoms with E-state index in [1.165, 1.54) is 11.1 Å². The third-order valence-corrected chi connectivity index (χ3v) is 3.44. The van der Waals surface area contributed by atoms with Crippen LogP contribution in [-0.4, -0.2) is 12.4 Å². The van der Waals surface area contributed by atoms with Gasteiger partial charge in [0.1, 0.15) is 5.75 Å². The fourth-order valence-electron chi connectivity index (χ4n) is 1.52. The summed E-state index contributed by atoms with van der Waals surface area (Å²) in [5.74, 6) is 3.01. The molecule has 0 saturated carbocycles. The van der Waals surface area contributed by atoms with Crippen LogP contribution in [0.4, 0.5) is 0 Å². The Morgan fingerprint density at radius 1 is 1.25 bits per heavy atom. The van der Waals surface area contributed by atoms with E-state index >= 15 is 0 Å². The molecular formula is C14H22OS. The molecule has 1 aromatic carbocycles. The normalized spacial score (nSPS) is 12.9. The molecule has 0 aliphatic rings. The number of aryl methyl sites for hydroxylation is 2. The van der Waals surface area contributed by atoms with Crippen molar-refractivity contribution in [2.75, 3.05) is 12.4 Å². The van der Waals surface area contributed by atoms with Crippen molar-refractivity contribution in [3.63, 3.8) is 0 Å². The lowest BCUT2D eigenvalue weighted by molar-refractivity contribution is 0.226. The molecule has 1 aromatic rings. The van der Waals surface area contributed by atoms with Crippen LogP contribution in [0, 0.1) is 25.7 Å². The van der Waals surface area contributed by atoms with Gasteiger partial charge in [-0.15, -0.1) is 0 Å². The molecular weight excluding hydrogens is 216 g/mol. The van der Waals surface area contributed by atoms with E-state index in [9.17, 15) is 0 Å². The van der Waals surface area contributed by atoms with Crippen molar-refractivity contribution in [2.24, 2.45) is 11.8 Å². The first-order chi connectivity index (χ1) is 7.54. The first-order valence-corrected chi connectivity index (χ1v) is 6.48. The number of rotatable bonds is 5. The van der Waals surface area contributed by atoms with E-state index in [1.54, 1.807) is 0 Å². The molecule has 0 heterocycles. The first-order valence-electron chi connectivity index (χ1n) is 5.85. The van der Waals surface area contributed by atoms with Crippen molar-refractivity contribution in [3.8, 4) is 5.75 Å². The molecule has 1 unspecified atom stereocenters. The van der Waals surface area contributed by atoms with Crippen LogP contribution in [0.1, 0.15) is 25.0 Å². The van der Waals surface area contributed by atoms with Gasteiger partial charge in [-0.25, -0.2) is 0 Å². The Hall–Kier alpha value is -0.630. The molecule has 1 atom stereocenters. The van der Waals surface area contributed by atoms with Crippen molar-refractivity contribution >= 4 is 12.6 Å². The molecule has 0 fully saturated rings. The van der Waals surface area contributed by atoms with Crippen LogP contribution in [0.25, 0.3) is 0 Å². The molecule has 16 heavy (non-hydrogen) atoms. The van der Waals surface area contributed by atoms with E-state index in [4.69, 9.17) is 4.74 Å². The fourth-order valence-corrected chi connectivity index (χ4v) is 2.04. The molecule has 1 nitrogen and oxygen atoms in total. The topological polar surface area (TPSA) is 9.23 Å². The zero-order valence-electron chi connectivity index (χ0n) is 10.7. The average Bonchev–Trinajstić information content (AvgIpc) is 2.23. The lowest BCUT2D eigenvalue weighted by atomic mass is 9.99. The molecule has 90 valence electrons. The molecule has 0 N–H and O–H groups in total. The van der Waals surface area contributed by atoms with Crippen LogP contribution in [-0.2, 0) is 0 Å². The lowest BCUT2D eigenvalue weighted by Gasteiger charge is -2.20. The monoisotopic (exact) mass is 238 g/mol. The number of hydrogen-bond acceptors (Lipinski definition) is 2. The maximum absolute atomic E-state index is 5.88. The molecule has 0 aromatic heterocycles. The predicted molar refractivity (Wildman–Crippen MR) is 73.6 cm³/mol. The van der Waals surface area contributed by atoms with E-state index in [1.807, 2.05) is 0 Å². The van der Waals surface area contributed by atoms with Gasteiger partial charge in [0.25, 0.3) is 0 Å². The van der Waals surface area contributed by atoms with Crippen LogP contribution in [0.15, 0.2) is 18.2 Å². The van der Waals surface area contributed by atoms with Crippen molar-refractivity contribution in [2.45, 2.75) is 27.7 Å². The summed E-state index contributed by atoms with van der Waals surface area (Å²) >= 11 is 4.37. The maximum Gasteiger partial charge on any atom is 0.122 e. The minimum atomic E-state index is 0.517. The zero-order chi connectivity index (χ0) is 12.1. The van der Waals surface area contributed by atoms with Gasteiger partial charge in [-0.3, -0.25) is 0 Å². The van der Waals surface area contributed by atoms with Gasteiger partial charge in [-0.2, -0.15) is 12.6 Å². The molecule has 1 rings (SSSR count). The van der Waals surface area contributed by atoms with Gasteiger partial charge in [0.05, 0.1) is 6.61 Å². The molecule has 0 bridgehead atoms. The Morgan fingerprint density at radius 3 is 2.50 bits per heavy atom. The second-order valence-electron chi connectivity index (χ2n) is 4.77. The Bertz CT molecular complexity index is 334. The summed E-state index contributed by atoms with van der Waals surface area (Å²) in [5.41, 5.74) is 2.44. The van der Waals surface area contributed by atoms with Crippen molar-refractivity contribution in [1.29, 1.82) is 0 Å². The van der Waals surface area contributed by atoms with Crippen LogP contribution in [0.2, 0.25) is 0 Å². The smallest absolute Gasteiger partial charge is 0.122 e. The highest BCUT2D eigenvalue weighted by Gasteiger charge is 2.12. The number of thiol groups is 1. The first kappa shape index (κ1) is 13.4. The SMILES string of the molecule is Cc1ccc(C)c(OCC(CS)C(C)C)c1. The summed E-state index contributed by atoms with van der Waals surface area (Å²) in [6.07, 6.45) is 0. The highest BCUT2D eigenvalue weighted by molar-refractivity contribution is 7.80. The van der Waals surface area contributed by atoms with Crippen LogP contribution < -0.4 is 4.74 Å². The molecule has 0 saturated heterocycles. The Morgan fingerprint density at radius 2 is 1.94 bits per heavy atom. The van der Waals surface area contributed by atoms with E-state index in [0.29, 0.717) is 11.8 Å². The van der Waals surface area contributed by atoms with Gasteiger partial charge in [0, 0.05) is 5.92 Å². The summed E-state index contributed by atoms with van der Waals surface area (Å²) in [7, 11) is 0. The summed E-state index contributed by atoms with van der Waals surface area (Å²) in [4.78, 5) is 0. The van der Waals surface area contributed by atoms with Gasteiger partial charge in [-0.1, -0.05) is 26.0 Å². The number of benzene rings is 1. The largest absolute Gasteiger partial charge is 0.493 e. The second kappa shape index (κ2) is 6.19. The maximum atomic E-state index is 5.88. The third-order valence-electron chi connectivity index (χ3n) is 2.97. The van der Waals surface area contributed by atoms with Crippen molar-refractivity contribution in [1.82, 2.24) is 0 Å². The number of ether oxygens (including phenoxy) is 1. The minimum Gasteiger partial charge on any atom is -0.493 e. The highest BCUT2D eigenvalue weighted by Crippen LogP contribution is 2.21. The highest BCUT2D eigenvalue weighted by atomic mass is 32.1. The Kier molecular flexibility index (Phi) is 5.20. The van der Waals surface area contributed by atoms with Crippen LogP contribution in [0.5, 0.6) is 5.75 Å². The summed E-state index contributed by atoms with van der Waals surface area (Å²) in [6, 6.07) is 6.32. The number of hydrogen-bond donors (Lipinski definition) is 1. The second-order valence-corrected chi connectivity index (χ2v) is 5.13. The molecule has 2 heteroatoms. The van der Waals surface area contributed by atoms with Gasteiger partial charge < -0.3 is 4.74 Å². The summed E-state index contributed by atoms with van der Waals surface area (Å²) in [6.45, 7) is 9.36. The van der Waals surface area contributed by atoms with Gasteiger partial charge >= 0.3 is 0 Å². The van der Waals surface area contributed by atoms with Gasteiger partial charge in [0.2, 0.25) is 0 Å². The lowest BCUT2D eigenvalue weighted by Crippen LogP contribution is -2.19. The molecule has 0 aliphatic heterocycles. The quantitative estimate of drug-likeness (QED) is 0.766. The minimum absolute atomic E-state index is 0.517. The van der Waals surface area contributed by atoms with Crippen molar-refractivity contribution in [3.05, 3.63) is 29.3 Å². The summed E-state index contributed by atoms with van der Waals surface area (Å²) < 4.78 is 5.88.